The van der Waals surface area contributed by atoms with E-state index >= 15 is 0 Å². The summed E-state index contributed by atoms with van der Waals surface area (Å²) in [4.78, 5) is 38.7. The molecule has 170 valence electrons. The van der Waals surface area contributed by atoms with Crippen LogP contribution >= 0.6 is 0 Å². The van der Waals surface area contributed by atoms with Gasteiger partial charge >= 0.3 is 0 Å². The molecule has 7 heteroatoms. The zero-order chi connectivity index (χ0) is 23.4. The van der Waals surface area contributed by atoms with Crippen molar-refractivity contribution >= 4 is 40.5 Å². The summed E-state index contributed by atoms with van der Waals surface area (Å²) in [5.41, 5.74) is 3.27. The fraction of sp³-hybridized carbons (Fsp3) is 0.259. The molecule has 2 heterocycles. The Kier molecular flexibility index (Phi) is 4.72. The van der Waals surface area contributed by atoms with Crippen molar-refractivity contribution in [3.05, 3.63) is 78.0 Å². The van der Waals surface area contributed by atoms with E-state index in [1.54, 1.807) is 6.21 Å². The predicted molar refractivity (Wildman–Crippen MR) is 129 cm³/mol. The molecule has 2 aromatic carbocycles. The molecule has 1 aromatic heterocycles. The van der Waals surface area contributed by atoms with Gasteiger partial charge in [0.05, 0.1) is 18.1 Å². The number of allylic oxidation sites excluding steroid dienone is 2. The van der Waals surface area contributed by atoms with Gasteiger partial charge in [0.15, 0.2) is 0 Å². The zero-order valence-corrected chi connectivity index (χ0v) is 18.7. The van der Waals surface area contributed by atoms with Gasteiger partial charge in [0.25, 0.3) is 11.8 Å². The van der Waals surface area contributed by atoms with Crippen molar-refractivity contribution in [1.82, 2.24) is 9.58 Å². The van der Waals surface area contributed by atoms with E-state index in [1.807, 2.05) is 66.1 Å². The first kappa shape index (κ1) is 20.6. The Morgan fingerprint density at radius 2 is 1.65 bits per heavy atom. The summed E-state index contributed by atoms with van der Waals surface area (Å²) in [7, 11) is 0. The van der Waals surface area contributed by atoms with Gasteiger partial charge in [-0.05, 0) is 43.4 Å². The third-order valence-electron chi connectivity index (χ3n) is 7.39. The van der Waals surface area contributed by atoms with Crippen molar-refractivity contribution in [3.8, 4) is 0 Å². The molecule has 1 N–H and O–H groups in total. The van der Waals surface area contributed by atoms with E-state index in [9.17, 15) is 14.4 Å². The normalized spacial score (nSPS) is 25.1. The number of nitrogens with one attached hydrogen (secondary N) is 1. The number of aromatic nitrogens is 1. The molecule has 0 spiro atoms. The van der Waals surface area contributed by atoms with Gasteiger partial charge in [0, 0.05) is 27.8 Å². The highest BCUT2D eigenvalue weighted by Gasteiger charge is 2.59. The molecule has 2 aliphatic carbocycles. The van der Waals surface area contributed by atoms with Crippen LogP contribution in [0.5, 0.6) is 0 Å². The van der Waals surface area contributed by atoms with Crippen LogP contribution in [0.3, 0.4) is 0 Å². The smallest absolute Gasteiger partial charge is 0.254 e. The van der Waals surface area contributed by atoms with Crippen molar-refractivity contribution in [2.24, 2.45) is 28.8 Å². The number of imide groups is 1. The number of benzene rings is 2. The van der Waals surface area contributed by atoms with E-state index in [0.717, 1.165) is 39.3 Å². The summed E-state index contributed by atoms with van der Waals surface area (Å²) in [6, 6.07) is 17.1. The maximum absolute atomic E-state index is 13.0. The maximum Gasteiger partial charge on any atom is 0.254 e. The van der Waals surface area contributed by atoms with E-state index in [2.05, 4.69) is 22.6 Å². The minimum atomic E-state index is -0.274. The van der Waals surface area contributed by atoms with Gasteiger partial charge < -0.3 is 9.88 Å². The Labute approximate surface area is 196 Å². The molecule has 4 unspecified atom stereocenters. The number of fused-ring (bicyclic) bond motifs is 6. The van der Waals surface area contributed by atoms with E-state index in [1.165, 1.54) is 0 Å². The topological polar surface area (TPSA) is 83.8 Å². The number of hydrogen-bond acceptors (Lipinski definition) is 4. The number of anilines is 1. The van der Waals surface area contributed by atoms with Crippen LogP contribution in [0.2, 0.25) is 0 Å². The molecule has 0 radical (unpaired) electrons. The van der Waals surface area contributed by atoms with Gasteiger partial charge in [-0.2, -0.15) is 10.1 Å². The lowest BCUT2D eigenvalue weighted by molar-refractivity contribution is -0.140. The predicted octanol–water partition coefficient (Wildman–Crippen LogP) is 3.73. The number of hydrazone groups is 1. The molecule has 3 aliphatic rings. The summed E-state index contributed by atoms with van der Waals surface area (Å²) in [6.07, 6.45) is 6.63. The van der Waals surface area contributed by atoms with Gasteiger partial charge in [-0.1, -0.05) is 48.6 Å². The van der Waals surface area contributed by atoms with Crippen LogP contribution in [0.15, 0.2) is 71.9 Å². The van der Waals surface area contributed by atoms with Crippen LogP contribution in [0.25, 0.3) is 10.9 Å². The van der Waals surface area contributed by atoms with Crippen LogP contribution in [0.1, 0.15) is 17.7 Å². The fourth-order valence-corrected chi connectivity index (χ4v) is 5.81. The minimum absolute atomic E-state index is 0.135. The number of hydrogen-bond donors (Lipinski definition) is 1. The van der Waals surface area contributed by atoms with Crippen molar-refractivity contribution in [2.75, 3.05) is 5.32 Å². The highest BCUT2D eigenvalue weighted by molar-refractivity contribution is 6.08. The summed E-state index contributed by atoms with van der Waals surface area (Å²) >= 11 is 0. The van der Waals surface area contributed by atoms with Gasteiger partial charge in [-0.3, -0.25) is 14.4 Å². The second-order valence-corrected chi connectivity index (χ2v) is 9.25. The third kappa shape index (κ3) is 3.11. The molecule has 1 saturated heterocycles. The molecule has 2 fully saturated rings. The second-order valence-electron chi connectivity index (χ2n) is 9.25. The molecular weight excluding hydrogens is 428 g/mol. The molecule has 3 aromatic rings. The number of nitrogens with zero attached hydrogens (tertiary/aromatic N) is 3. The van der Waals surface area contributed by atoms with Crippen LogP contribution in [-0.4, -0.2) is 33.5 Å². The average Bonchev–Trinajstić information content (AvgIpc) is 3.58. The van der Waals surface area contributed by atoms with E-state index in [-0.39, 0.29) is 47.9 Å². The van der Waals surface area contributed by atoms with Crippen LogP contribution < -0.4 is 5.32 Å². The fourth-order valence-electron chi connectivity index (χ4n) is 5.81. The molecule has 7 nitrogen and oxygen atoms in total. The highest BCUT2D eigenvalue weighted by Crippen LogP contribution is 2.52. The number of carbonyl (C=O) groups excluding carboxylic acids is 3. The van der Waals surface area contributed by atoms with E-state index < -0.39 is 0 Å². The molecule has 4 atom stereocenters. The Hall–Kier alpha value is -4.00. The third-order valence-corrected chi connectivity index (χ3v) is 7.39. The molecule has 3 amide bonds. The number of para-hydroxylation sites is 2. The molecule has 1 aliphatic heterocycles. The lowest BCUT2D eigenvalue weighted by Gasteiger charge is -2.13. The highest BCUT2D eigenvalue weighted by atomic mass is 16.2. The molecule has 2 bridgehead atoms. The zero-order valence-electron chi connectivity index (χ0n) is 18.7. The largest absolute Gasteiger partial charge is 0.335 e. The lowest BCUT2D eigenvalue weighted by atomic mass is 9.85. The van der Waals surface area contributed by atoms with Crippen LogP contribution in [0.4, 0.5) is 5.69 Å². The summed E-state index contributed by atoms with van der Waals surface area (Å²) < 4.78 is 1.93. The van der Waals surface area contributed by atoms with Gasteiger partial charge in [0.2, 0.25) is 5.91 Å². The van der Waals surface area contributed by atoms with Gasteiger partial charge in [-0.15, -0.1) is 0 Å². The monoisotopic (exact) mass is 452 g/mol. The van der Waals surface area contributed by atoms with Gasteiger partial charge in [-0.25, -0.2) is 0 Å². The maximum atomic E-state index is 13.0. The van der Waals surface area contributed by atoms with Gasteiger partial charge in [0.1, 0.15) is 6.54 Å². The summed E-state index contributed by atoms with van der Waals surface area (Å²) in [5, 5.41) is 9.27. The first-order valence-corrected chi connectivity index (χ1v) is 11.6. The van der Waals surface area contributed by atoms with E-state index in [0.29, 0.717) is 0 Å². The Bertz CT molecular complexity index is 1360. The summed E-state index contributed by atoms with van der Waals surface area (Å²) in [5.74, 6) is -0.790. The van der Waals surface area contributed by atoms with Crippen LogP contribution in [-0.2, 0) is 20.9 Å². The molecular formula is C27H24N4O3. The van der Waals surface area contributed by atoms with Crippen molar-refractivity contribution in [2.45, 2.75) is 19.9 Å². The number of rotatable bonds is 5. The molecule has 1 saturated carbocycles. The Balaban J connectivity index is 1.29. The van der Waals surface area contributed by atoms with Crippen molar-refractivity contribution < 1.29 is 14.4 Å². The summed E-state index contributed by atoms with van der Waals surface area (Å²) in [6.45, 7) is 2.06. The molecule has 6 rings (SSSR count). The Morgan fingerprint density at radius 3 is 2.35 bits per heavy atom. The Morgan fingerprint density at radius 1 is 1.00 bits per heavy atom. The quantitative estimate of drug-likeness (QED) is 0.364. The van der Waals surface area contributed by atoms with E-state index in [4.69, 9.17) is 0 Å². The average molecular weight is 453 g/mol. The second kappa shape index (κ2) is 7.80. The van der Waals surface area contributed by atoms with Crippen LogP contribution in [0, 0.1) is 30.6 Å². The number of carbonyl (C=O) groups is 3. The SMILES string of the molecule is Cc1c(C=NN2C(=O)C3C4C=CC(C4)C3C2=O)c2ccccc2n1CC(=O)Nc1ccccc1. The first-order chi connectivity index (χ1) is 16.5. The number of amides is 3. The first-order valence-electron chi connectivity index (χ1n) is 11.6. The standard InChI is InChI=1S/C27H24N4O3/c1-16-21(14-28-31-26(33)24-17-11-12-18(13-17)25(24)27(31)34)20-9-5-6-10-22(20)30(16)15-23(32)29-19-7-3-2-4-8-19/h2-12,14,17-18,24-25H,13,15H2,1H3,(H,29,32). The van der Waals surface area contributed by atoms with Crippen molar-refractivity contribution in [3.63, 3.8) is 0 Å². The molecule has 34 heavy (non-hydrogen) atoms. The minimum Gasteiger partial charge on any atom is -0.335 e. The lowest BCUT2D eigenvalue weighted by Crippen LogP contribution is -2.28. The van der Waals surface area contributed by atoms with Crippen molar-refractivity contribution in [1.29, 1.82) is 0 Å².